The molecule has 0 aliphatic rings. The van der Waals surface area contributed by atoms with Crippen LogP contribution in [-0.4, -0.2) is 23.6 Å². The van der Waals surface area contributed by atoms with Crippen molar-refractivity contribution >= 4 is 45.7 Å². The smallest absolute Gasteiger partial charge is 0.151 e. The second-order valence-electron chi connectivity index (χ2n) is 5.54. The summed E-state index contributed by atoms with van der Waals surface area (Å²) in [7, 11) is -3.72. The summed E-state index contributed by atoms with van der Waals surface area (Å²) in [5.41, 5.74) is 0. The summed E-state index contributed by atoms with van der Waals surface area (Å²) in [4.78, 5) is 0.730. The first-order chi connectivity index (χ1) is 5.07. The highest BCUT2D eigenvalue weighted by Gasteiger charge is 2.42. The molecule has 0 aliphatic heterocycles. The molecule has 0 aromatic carbocycles. The van der Waals surface area contributed by atoms with E-state index in [4.69, 9.17) is 22.2 Å². The van der Waals surface area contributed by atoms with E-state index in [9.17, 15) is 0 Å². The Balaban J connectivity index is 4.70. The van der Waals surface area contributed by atoms with Gasteiger partial charge in [-0.05, 0) is 4.79 Å². The molecule has 0 nitrogen and oxygen atoms in total. The lowest BCUT2D eigenvalue weighted by molar-refractivity contribution is 1.42. The molecular weight excluding hydrogens is 239 g/mol. The summed E-state index contributed by atoms with van der Waals surface area (Å²) in [5.74, 6) is 0. The summed E-state index contributed by atoms with van der Waals surface area (Å²) < 4.78 is 0. The van der Waals surface area contributed by atoms with Gasteiger partial charge in [0.2, 0.25) is 7.42 Å². The molecule has 0 spiro atoms. The summed E-state index contributed by atoms with van der Waals surface area (Å²) in [6, 6.07) is 0. The highest BCUT2D eigenvalue weighted by molar-refractivity contribution is 7.41. The third-order valence-electron chi connectivity index (χ3n) is 2.12. The maximum atomic E-state index is 6.19. The molecule has 0 heterocycles. The minimum Gasteiger partial charge on any atom is -0.151 e. The van der Waals surface area contributed by atoms with Gasteiger partial charge >= 0.3 is 0 Å². The normalized spacial score (nSPS) is 14.5. The summed E-state index contributed by atoms with van der Waals surface area (Å²) in [6.45, 7) is 14.3. The molecule has 0 saturated carbocycles. The van der Waals surface area contributed by atoms with Gasteiger partial charge in [0.1, 0.15) is 0 Å². The highest BCUT2D eigenvalue weighted by atomic mass is 35.7. The summed E-state index contributed by atoms with van der Waals surface area (Å²) >= 11 is 12.4. The second-order valence-corrected chi connectivity index (χ2v) is 23.0. The lowest BCUT2D eigenvalue weighted by Gasteiger charge is -2.38. The average molecular weight is 259 g/mol. The van der Waals surface area contributed by atoms with Gasteiger partial charge in [-0.1, -0.05) is 39.3 Å². The Bertz CT molecular complexity index is 132. The molecule has 0 amide bonds. The van der Waals surface area contributed by atoms with E-state index in [2.05, 4.69) is 39.3 Å². The van der Waals surface area contributed by atoms with Crippen LogP contribution in [0, 0.1) is 0 Å². The molecule has 5 heteroatoms. The highest BCUT2D eigenvalue weighted by Crippen LogP contribution is 2.36. The third kappa shape index (κ3) is 3.96. The van der Waals surface area contributed by atoms with Crippen molar-refractivity contribution in [1.29, 1.82) is 0 Å². The van der Waals surface area contributed by atoms with Crippen LogP contribution in [0.3, 0.4) is 0 Å². The van der Waals surface area contributed by atoms with Crippen LogP contribution in [0.15, 0.2) is 0 Å². The van der Waals surface area contributed by atoms with Crippen LogP contribution in [-0.2, 0) is 0 Å². The molecule has 0 aliphatic carbocycles. The van der Waals surface area contributed by atoms with Gasteiger partial charge in [-0.25, -0.2) is 0 Å². The lowest BCUT2D eigenvalue weighted by Crippen LogP contribution is -2.48. The van der Waals surface area contributed by atoms with Crippen LogP contribution in [0.5, 0.6) is 0 Å². The fourth-order valence-corrected chi connectivity index (χ4v) is 32.1. The second kappa shape index (κ2) is 4.17. The Morgan fingerprint density at radius 2 is 1.08 bits per heavy atom. The Morgan fingerprint density at radius 3 is 1.08 bits per heavy atom. The fourth-order valence-electron chi connectivity index (χ4n) is 2.05. The molecule has 0 saturated heterocycles. The average Bonchev–Trinajstić information content (AvgIpc) is 1.49. The van der Waals surface area contributed by atoms with E-state index in [1.165, 1.54) is 0 Å². The number of hydrogen-bond donors (Lipinski definition) is 0. The lowest BCUT2D eigenvalue weighted by atomic mass is 11.7. The van der Waals surface area contributed by atoms with Crippen LogP contribution in [0.2, 0.25) is 44.1 Å². The van der Waals surface area contributed by atoms with Gasteiger partial charge in [-0.3, -0.25) is 0 Å². The third-order valence-corrected chi connectivity index (χ3v) is 23.6. The predicted octanol–water partition coefficient (Wildman–Crippen LogP) is 3.81. The van der Waals surface area contributed by atoms with E-state index in [0.29, 0.717) is 0 Å². The van der Waals surface area contributed by atoms with Crippen LogP contribution < -0.4 is 0 Å². The Morgan fingerprint density at radius 1 is 0.833 bits per heavy atom. The monoisotopic (exact) mass is 258 g/mol. The van der Waals surface area contributed by atoms with Gasteiger partial charge in [-0.15, -0.1) is 0 Å². The zero-order valence-electron chi connectivity index (χ0n) is 8.91. The molecule has 0 aromatic rings. The first-order valence-electron chi connectivity index (χ1n) is 4.35. The van der Waals surface area contributed by atoms with Gasteiger partial charge in [0.15, 0.2) is 0 Å². The molecule has 74 valence electrons. The maximum Gasteiger partial charge on any atom is 0.235 e. The van der Waals surface area contributed by atoms with Crippen molar-refractivity contribution in [1.82, 2.24) is 0 Å². The minimum atomic E-state index is -1.47. The molecule has 0 atom stereocenters. The van der Waals surface area contributed by atoms with Crippen LogP contribution in [0.1, 0.15) is 0 Å². The number of rotatable bonds is 3. The minimum absolute atomic E-state index is 0.730. The van der Waals surface area contributed by atoms with Crippen molar-refractivity contribution in [3.63, 3.8) is 0 Å². The number of halogens is 2. The van der Waals surface area contributed by atoms with Crippen molar-refractivity contribution < 1.29 is 0 Å². The molecule has 0 rings (SSSR count). The molecule has 0 bridgehead atoms. The van der Waals surface area contributed by atoms with E-state index in [-0.39, 0.29) is 0 Å². The van der Waals surface area contributed by atoms with Crippen molar-refractivity contribution in [2.75, 3.05) is 0 Å². The van der Waals surface area contributed by atoms with Gasteiger partial charge in [0.05, 0.1) is 0 Å². The van der Waals surface area contributed by atoms with Crippen LogP contribution in [0.25, 0.3) is 0 Å². The van der Waals surface area contributed by atoms with Crippen LogP contribution >= 0.6 is 22.2 Å². The van der Waals surface area contributed by atoms with E-state index in [1.807, 2.05) is 0 Å². The van der Waals surface area contributed by atoms with E-state index in [1.54, 1.807) is 0 Å². The molecule has 0 fully saturated rings. The van der Waals surface area contributed by atoms with Crippen molar-refractivity contribution in [3.8, 4) is 0 Å². The molecule has 0 N–H and O–H groups in total. The van der Waals surface area contributed by atoms with Gasteiger partial charge in [0, 0.05) is 16.1 Å². The quantitative estimate of drug-likeness (QED) is 0.534. The van der Waals surface area contributed by atoms with Gasteiger partial charge < -0.3 is 0 Å². The summed E-state index contributed by atoms with van der Waals surface area (Å²) in [6.07, 6.45) is 0. The van der Waals surface area contributed by atoms with E-state index in [0.717, 1.165) is 4.79 Å². The van der Waals surface area contributed by atoms with Crippen molar-refractivity contribution in [3.05, 3.63) is 0 Å². The first kappa shape index (κ1) is 13.2. The summed E-state index contributed by atoms with van der Waals surface area (Å²) in [5, 5.41) is 0. The zero-order chi connectivity index (χ0) is 10.2. The molecule has 0 radical (unpaired) electrons. The SMILES string of the molecule is C[Si](C)(C)C([SiH](Cl)Cl)[Si](C)(C)C. The van der Waals surface area contributed by atoms with Gasteiger partial charge in [-0.2, -0.15) is 22.2 Å². The molecular formula is C7H20Cl2Si3. The Hall–Kier alpha value is 1.23. The zero-order valence-corrected chi connectivity index (χ0v) is 13.6. The Labute approximate surface area is 89.7 Å². The van der Waals surface area contributed by atoms with Crippen LogP contribution in [0.4, 0.5) is 0 Å². The van der Waals surface area contributed by atoms with Crippen molar-refractivity contribution in [2.45, 2.75) is 44.1 Å². The molecule has 0 aromatic heterocycles. The largest absolute Gasteiger partial charge is 0.235 e. The first-order valence-corrected chi connectivity index (χ1v) is 15.7. The van der Waals surface area contributed by atoms with E-state index >= 15 is 0 Å². The predicted molar refractivity (Wildman–Crippen MR) is 69.3 cm³/mol. The fraction of sp³-hybridized carbons (Fsp3) is 1.00. The standard InChI is InChI=1S/C7H20Cl2Si3/c1-11(2,3)7(10(8)9)12(4,5)6/h7,10H,1-6H3. The van der Waals surface area contributed by atoms with Crippen molar-refractivity contribution in [2.24, 2.45) is 0 Å². The molecule has 0 unspecified atom stereocenters. The van der Waals surface area contributed by atoms with Gasteiger partial charge in [0.25, 0.3) is 0 Å². The molecule has 12 heavy (non-hydrogen) atoms. The Kier molecular flexibility index (Phi) is 4.60. The van der Waals surface area contributed by atoms with E-state index < -0.39 is 23.6 Å². The topological polar surface area (TPSA) is 0 Å². The number of hydrogen-bond acceptors (Lipinski definition) is 0. The maximum absolute atomic E-state index is 6.19.